The van der Waals surface area contributed by atoms with Crippen LogP contribution in [0.1, 0.15) is 17.3 Å². The molecule has 0 radical (unpaired) electrons. The molecule has 0 unspecified atom stereocenters. The number of hydrogen-bond acceptors (Lipinski definition) is 7. The number of fused-ring (bicyclic) bond motifs is 1. The normalized spacial score (nSPS) is 11.5. The number of anilines is 1. The number of aromatic nitrogens is 2. The van der Waals surface area contributed by atoms with E-state index in [1.165, 1.54) is 31.2 Å². The van der Waals surface area contributed by atoms with E-state index in [9.17, 15) is 19.7 Å². The maximum Gasteiger partial charge on any atom is 0.339 e. The smallest absolute Gasteiger partial charge is 0.339 e. The summed E-state index contributed by atoms with van der Waals surface area (Å²) < 4.78 is 5.42. The first-order chi connectivity index (χ1) is 15.9. The van der Waals surface area contributed by atoms with Gasteiger partial charge in [0.2, 0.25) is 0 Å². The van der Waals surface area contributed by atoms with Gasteiger partial charge in [-0.05, 0) is 37.3 Å². The summed E-state index contributed by atoms with van der Waals surface area (Å²) in [5.41, 5.74) is 2.19. The molecule has 0 saturated carbocycles. The van der Waals surface area contributed by atoms with Crippen molar-refractivity contribution in [3.63, 3.8) is 0 Å². The molecule has 0 bridgehead atoms. The fourth-order valence-electron chi connectivity index (χ4n) is 3.23. The van der Waals surface area contributed by atoms with Crippen LogP contribution in [0.2, 0.25) is 0 Å². The Hall–Kier alpha value is -4.66. The van der Waals surface area contributed by atoms with Crippen molar-refractivity contribution in [3.8, 4) is 11.3 Å². The zero-order chi connectivity index (χ0) is 23.4. The lowest BCUT2D eigenvalue weighted by molar-refractivity contribution is -0.384. The maximum atomic E-state index is 13.0. The number of esters is 1. The van der Waals surface area contributed by atoms with Crippen LogP contribution in [-0.4, -0.2) is 32.9 Å². The molecule has 0 aliphatic heterocycles. The number of hydrogen-bond donors (Lipinski definition) is 1. The number of nitrogens with zero attached hydrogens (tertiary/aromatic N) is 3. The van der Waals surface area contributed by atoms with E-state index in [1.54, 1.807) is 42.7 Å². The number of nitro benzene ring substituents is 1. The van der Waals surface area contributed by atoms with E-state index < -0.39 is 22.9 Å². The third-order valence-electron chi connectivity index (χ3n) is 4.87. The van der Waals surface area contributed by atoms with Crippen LogP contribution in [0, 0.1) is 10.1 Å². The van der Waals surface area contributed by atoms with Crippen LogP contribution in [0.5, 0.6) is 0 Å². The van der Waals surface area contributed by atoms with Gasteiger partial charge in [0.05, 0.1) is 21.7 Å². The van der Waals surface area contributed by atoms with Crippen LogP contribution < -0.4 is 5.32 Å². The summed E-state index contributed by atoms with van der Waals surface area (Å²) in [5, 5.41) is 14.0. The van der Waals surface area contributed by atoms with E-state index in [1.807, 2.05) is 12.1 Å². The van der Waals surface area contributed by atoms with Crippen LogP contribution in [-0.2, 0) is 9.53 Å². The van der Waals surface area contributed by atoms with Gasteiger partial charge < -0.3 is 10.1 Å². The van der Waals surface area contributed by atoms with Crippen molar-refractivity contribution in [1.29, 1.82) is 0 Å². The summed E-state index contributed by atoms with van der Waals surface area (Å²) in [6.07, 6.45) is 2.13. The average molecular weight is 442 g/mol. The molecule has 2 heterocycles. The number of benzene rings is 2. The van der Waals surface area contributed by atoms with Crippen LogP contribution in [0.4, 0.5) is 11.4 Å². The molecule has 9 heteroatoms. The van der Waals surface area contributed by atoms with Gasteiger partial charge in [0.1, 0.15) is 0 Å². The monoisotopic (exact) mass is 442 g/mol. The number of nitrogens with one attached hydrogen (secondary N) is 1. The summed E-state index contributed by atoms with van der Waals surface area (Å²) >= 11 is 0. The molecule has 1 atom stereocenters. The van der Waals surface area contributed by atoms with Crippen molar-refractivity contribution < 1.29 is 19.2 Å². The zero-order valence-electron chi connectivity index (χ0n) is 17.5. The van der Waals surface area contributed by atoms with E-state index in [4.69, 9.17) is 4.74 Å². The van der Waals surface area contributed by atoms with E-state index in [2.05, 4.69) is 15.3 Å². The molecule has 0 saturated heterocycles. The molecular weight excluding hydrogens is 424 g/mol. The lowest BCUT2D eigenvalue weighted by atomic mass is 10.0. The van der Waals surface area contributed by atoms with E-state index >= 15 is 0 Å². The van der Waals surface area contributed by atoms with Gasteiger partial charge in [-0.1, -0.05) is 24.3 Å². The first-order valence-electron chi connectivity index (χ1n) is 9.99. The zero-order valence-corrected chi connectivity index (χ0v) is 17.5. The number of rotatable bonds is 6. The first-order valence-corrected chi connectivity index (χ1v) is 9.99. The SMILES string of the molecule is C[C@H](OC(=O)c1cc(-c2cccnc2)nc2ccccc12)C(=O)Nc1cccc([N+](=O)[O-])c1. The van der Waals surface area contributed by atoms with Crippen LogP contribution >= 0.6 is 0 Å². The van der Waals surface area contributed by atoms with Gasteiger partial charge in [-0.3, -0.25) is 19.9 Å². The average Bonchev–Trinajstić information content (AvgIpc) is 2.83. The Bertz CT molecular complexity index is 1360. The Morgan fingerprint density at radius 3 is 2.64 bits per heavy atom. The van der Waals surface area contributed by atoms with Crippen LogP contribution in [0.15, 0.2) is 79.1 Å². The minimum absolute atomic E-state index is 0.163. The topological polar surface area (TPSA) is 124 Å². The van der Waals surface area contributed by atoms with E-state index in [0.717, 1.165) is 5.56 Å². The number of carbonyl (C=O) groups is 2. The summed E-state index contributed by atoms with van der Waals surface area (Å²) in [4.78, 5) is 44.6. The van der Waals surface area contributed by atoms with E-state index in [-0.39, 0.29) is 16.9 Å². The van der Waals surface area contributed by atoms with Crippen LogP contribution in [0.25, 0.3) is 22.2 Å². The van der Waals surface area contributed by atoms with Crippen LogP contribution in [0.3, 0.4) is 0 Å². The molecule has 4 rings (SSSR count). The van der Waals surface area contributed by atoms with Gasteiger partial charge in [0, 0.05) is 41.2 Å². The minimum Gasteiger partial charge on any atom is -0.449 e. The number of non-ortho nitro benzene ring substituents is 1. The highest BCUT2D eigenvalue weighted by Gasteiger charge is 2.22. The van der Waals surface area contributed by atoms with Crippen molar-refractivity contribution in [2.24, 2.45) is 0 Å². The van der Waals surface area contributed by atoms with E-state index in [0.29, 0.717) is 16.6 Å². The lowest BCUT2D eigenvalue weighted by Crippen LogP contribution is -2.30. The predicted molar refractivity (Wildman–Crippen MR) is 122 cm³/mol. The van der Waals surface area contributed by atoms with Crippen molar-refractivity contribution in [2.75, 3.05) is 5.32 Å². The highest BCUT2D eigenvalue weighted by atomic mass is 16.6. The van der Waals surface area contributed by atoms with Gasteiger partial charge in [0.25, 0.3) is 11.6 Å². The molecule has 4 aromatic rings. The Morgan fingerprint density at radius 1 is 1.06 bits per heavy atom. The number of ether oxygens (including phenoxy) is 1. The van der Waals surface area contributed by atoms with Gasteiger partial charge in [-0.25, -0.2) is 9.78 Å². The summed E-state index contributed by atoms with van der Waals surface area (Å²) in [6.45, 7) is 1.43. The summed E-state index contributed by atoms with van der Waals surface area (Å²) in [5.74, 6) is -1.31. The molecule has 33 heavy (non-hydrogen) atoms. The lowest BCUT2D eigenvalue weighted by Gasteiger charge is -2.15. The minimum atomic E-state index is -1.15. The Kier molecular flexibility index (Phi) is 6.03. The quantitative estimate of drug-likeness (QED) is 0.267. The largest absolute Gasteiger partial charge is 0.449 e. The molecular formula is C24H18N4O5. The molecule has 1 amide bonds. The Labute approximate surface area is 188 Å². The number of pyridine rings is 2. The van der Waals surface area contributed by atoms with Gasteiger partial charge in [-0.2, -0.15) is 0 Å². The highest BCUT2D eigenvalue weighted by Crippen LogP contribution is 2.25. The van der Waals surface area contributed by atoms with Crippen molar-refractivity contribution in [3.05, 3.63) is 94.8 Å². The Balaban J connectivity index is 1.57. The fraction of sp³-hybridized carbons (Fsp3) is 0.0833. The first kappa shape index (κ1) is 21.6. The van der Waals surface area contributed by atoms with Crippen molar-refractivity contribution >= 4 is 34.2 Å². The molecule has 9 nitrogen and oxygen atoms in total. The number of amides is 1. The molecule has 2 aromatic carbocycles. The van der Waals surface area contributed by atoms with Gasteiger partial charge in [0.15, 0.2) is 6.10 Å². The standard InChI is InChI=1S/C24H18N4O5/c1-15(23(29)26-17-7-4-8-18(12-17)28(31)32)33-24(30)20-13-22(16-6-5-11-25-14-16)27-21-10-3-2-9-19(20)21/h2-15H,1H3,(H,26,29)/t15-/m0/s1. The molecule has 0 fully saturated rings. The molecule has 2 aromatic heterocycles. The number of para-hydroxylation sites is 1. The number of nitro groups is 1. The number of carbonyl (C=O) groups excluding carboxylic acids is 2. The van der Waals surface area contributed by atoms with Crippen molar-refractivity contribution in [2.45, 2.75) is 13.0 Å². The molecule has 0 spiro atoms. The summed E-state index contributed by atoms with van der Waals surface area (Å²) in [7, 11) is 0. The molecule has 0 aliphatic carbocycles. The second-order valence-corrected chi connectivity index (χ2v) is 7.16. The van der Waals surface area contributed by atoms with Gasteiger partial charge >= 0.3 is 5.97 Å². The Morgan fingerprint density at radius 2 is 1.88 bits per heavy atom. The molecule has 1 N–H and O–H groups in total. The third-order valence-corrected chi connectivity index (χ3v) is 4.87. The summed E-state index contributed by atoms with van der Waals surface area (Å²) in [6, 6.07) is 17.8. The van der Waals surface area contributed by atoms with Gasteiger partial charge in [-0.15, -0.1) is 0 Å². The highest BCUT2D eigenvalue weighted by molar-refractivity contribution is 6.06. The molecule has 0 aliphatic rings. The second kappa shape index (κ2) is 9.23. The maximum absolute atomic E-state index is 13.0. The fourth-order valence-corrected chi connectivity index (χ4v) is 3.23. The van der Waals surface area contributed by atoms with Crippen molar-refractivity contribution in [1.82, 2.24) is 9.97 Å². The third kappa shape index (κ3) is 4.82. The predicted octanol–water partition coefficient (Wildman–Crippen LogP) is 4.39. The molecule has 164 valence electrons. The second-order valence-electron chi connectivity index (χ2n) is 7.16.